The largest absolute Gasteiger partial charge is 0.444 e. The van der Waals surface area contributed by atoms with Crippen molar-refractivity contribution in [3.05, 3.63) is 35.1 Å². The Morgan fingerprint density at radius 2 is 1.79 bits per heavy atom. The van der Waals surface area contributed by atoms with Crippen LogP contribution >= 0.6 is 0 Å². The van der Waals surface area contributed by atoms with Crippen molar-refractivity contribution < 1.29 is 31.9 Å². The lowest BCUT2D eigenvalue weighted by molar-refractivity contribution is -0.140. The molecule has 28 heavy (non-hydrogen) atoms. The van der Waals surface area contributed by atoms with E-state index in [0.29, 0.717) is 25.7 Å². The minimum absolute atomic E-state index is 0.234. The molecule has 1 aromatic carbocycles. The van der Waals surface area contributed by atoms with Gasteiger partial charge in [0.05, 0.1) is 16.5 Å². The number of amides is 2. The topological polar surface area (TPSA) is 81.4 Å². The molecule has 2 saturated carbocycles. The van der Waals surface area contributed by atoms with Crippen LogP contribution in [0, 0.1) is 11.2 Å². The van der Waals surface area contributed by atoms with Crippen LogP contribution < -0.4 is 11.1 Å². The second-order valence-electron chi connectivity index (χ2n) is 8.37. The minimum Gasteiger partial charge on any atom is -0.444 e. The molecule has 0 aliphatic heterocycles. The maximum absolute atomic E-state index is 13.6. The number of ether oxygens (including phenoxy) is 1. The van der Waals surface area contributed by atoms with Gasteiger partial charge in [-0.25, -0.2) is 9.18 Å². The van der Waals surface area contributed by atoms with Crippen molar-refractivity contribution in [1.29, 1.82) is 0 Å². The number of benzene rings is 1. The van der Waals surface area contributed by atoms with Gasteiger partial charge in [-0.15, -0.1) is 0 Å². The van der Waals surface area contributed by atoms with Crippen LogP contribution in [-0.4, -0.2) is 17.6 Å². The average molecular weight is 402 g/mol. The van der Waals surface area contributed by atoms with E-state index < -0.39 is 40.2 Å². The van der Waals surface area contributed by atoms with Crippen LogP contribution in [0.2, 0.25) is 0 Å². The molecule has 0 bridgehead atoms. The first-order chi connectivity index (χ1) is 12.8. The highest BCUT2D eigenvalue weighted by Gasteiger charge is 2.57. The van der Waals surface area contributed by atoms with Crippen molar-refractivity contribution in [2.75, 3.05) is 0 Å². The van der Waals surface area contributed by atoms with Gasteiger partial charge in [0, 0.05) is 6.42 Å². The summed E-state index contributed by atoms with van der Waals surface area (Å²) in [4.78, 5) is 23.9. The summed E-state index contributed by atoms with van der Waals surface area (Å²) < 4.78 is 57.6. The number of primary amides is 1. The standard InChI is InChI=1S/C19H22F4N2O3/c1-16(2,28-15(24)27)10-17(5-6-17)14(26)25-18(7-8-18)11-3-4-13(20)12(9-11)19(21,22)23/h3-4,9H,5-8,10H2,1-2H3,(H2,24,27)(H,25,26). The predicted molar refractivity (Wildman–Crippen MR) is 91.5 cm³/mol. The molecular formula is C19H22F4N2O3. The fourth-order valence-corrected chi connectivity index (χ4v) is 3.76. The molecule has 9 heteroatoms. The first-order valence-corrected chi connectivity index (χ1v) is 8.97. The Hall–Kier alpha value is -2.32. The maximum atomic E-state index is 13.6. The Kier molecular flexibility index (Phi) is 4.63. The van der Waals surface area contributed by atoms with Crippen LogP contribution in [0.25, 0.3) is 0 Å². The molecule has 0 radical (unpaired) electrons. The van der Waals surface area contributed by atoms with Gasteiger partial charge >= 0.3 is 12.3 Å². The molecule has 154 valence electrons. The molecule has 3 N–H and O–H groups in total. The number of rotatable bonds is 6. The van der Waals surface area contributed by atoms with Gasteiger partial charge in [-0.2, -0.15) is 13.2 Å². The van der Waals surface area contributed by atoms with E-state index in [0.717, 1.165) is 12.1 Å². The summed E-state index contributed by atoms with van der Waals surface area (Å²) in [6.07, 6.45) is -3.39. The van der Waals surface area contributed by atoms with Gasteiger partial charge in [-0.1, -0.05) is 6.07 Å². The van der Waals surface area contributed by atoms with Crippen molar-refractivity contribution in [3.63, 3.8) is 0 Å². The van der Waals surface area contributed by atoms with Crippen LogP contribution in [0.5, 0.6) is 0 Å². The fraction of sp³-hybridized carbons (Fsp3) is 0.579. The fourth-order valence-electron chi connectivity index (χ4n) is 3.76. The SMILES string of the molecule is CC(C)(CC1(C(=O)NC2(c3ccc(F)c(C(F)(F)F)c3)CC2)CC1)OC(N)=O. The van der Waals surface area contributed by atoms with E-state index in [1.807, 2.05) is 0 Å². The Labute approximate surface area is 159 Å². The third kappa shape index (κ3) is 4.07. The van der Waals surface area contributed by atoms with Crippen molar-refractivity contribution in [3.8, 4) is 0 Å². The molecular weight excluding hydrogens is 380 g/mol. The van der Waals surface area contributed by atoms with Crippen molar-refractivity contribution >= 4 is 12.0 Å². The van der Waals surface area contributed by atoms with E-state index in [-0.39, 0.29) is 17.9 Å². The first kappa shape index (κ1) is 20.4. The van der Waals surface area contributed by atoms with Gasteiger partial charge in [0.15, 0.2) is 0 Å². The molecule has 0 atom stereocenters. The molecule has 3 rings (SSSR count). The van der Waals surface area contributed by atoms with Crippen LogP contribution in [0.15, 0.2) is 18.2 Å². The molecule has 2 aliphatic carbocycles. The Morgan fingerprint density at radius 3 is 2.25 bits per heavy atom. The highest BCUT2D eigenvalue weighted by molar-refractivity contribution is 5.86. The number of hydrogen-bond acceptors (Lipinski definition) is 3. The van der Waals surface area contributed by atoms with E-state index in [1.165, 1.54) is 6.07 Å². The van der Waals surface area contributed by atoms with Crippen molar-refractivity contribution in [2.24, 2.45) is 11.1 Å². The summed E-state index contributed by atoms with van der Waals surface area (Å²) in [6, 6.07) is 2.82. The number of carbonyl (C=O) groups is 2. The average Bonchev–Trinajstić information content (AvgIpc) is 3.42. The number of hydrogen-bond donors (Lipinski definition) is 2. The van der Waals surface area contributed by atoms with Gasteiger partial charge in [0.25, 0.3) is 0 Å². The number of nitrogens with one attached hydrogen (secondary N) is 1. The second-order valence-corrected chi connectivity index (χ2v) is 8.37. The van der Waals surface area contributed by atoms with Gasteiger partial charge in [-0.3, -0.25) is 4.79 Å². The highest BCUT2D eigenvalue weighted by atomic mass is 19.4. The van der Waals surface area contributed by atoms with Gasteiger partial charge in [-0.05, 0) is 57.2 Å². The van der Waals surface area contributed by atoms with E-state index in [9.17, 15) is 27.2 Å². The molecule has 2 aliphatic rings. The number of carbonyl (C=O) groups excluding carboxylic acids is 2. The summed E-state index contributed by atoms with van der Waals surface area (Å²) >= 11 is 0. The van der Waals surface area contributed by atoms with Crippen LogP contribution in [0.3, 0.4) is 0 Å². The van der Waals surface area contributed by atoms with E-state index in [1.54, 1.807) is 13.8 Å². The summed E-state index contributed by atoms with van der Waals surface area (Å²) in [5, 5.41) is 2.86. The summed E-state index contributed by atoms with van der Waals surface area (Å²) in [6.45, 7) is 3.29. The molecule has 2 amide bonds. The quantitative estimate of drug-likeness (QED) is 0.706. The Morgan fingerprint density at radius 1 is 1.18 bits per heavy atom. The zero-order chi connectivity index (χ0) is 21.0. The highest BCUT2D eigenvalue weighted by Crippen LogP contribution is 2.55. The molecule has 0 unspecified atom stereocenters. The van der Waals surface area contributed by atoms with Gasteiger partial charge in [0.1, 0.15) is 11.4 Å². The Balaban J connectivity index is 1.77. The molecule has 0 spiro atoms. The second kappa shape index (κ2) is 6.35. The third-order valence-corrected chi connectivity index (χ3v) is 5.40. The molecule has 5 nitrogen and oxygen atoms in total. The molecule has 2 fully saturated rings. The first-order valence-electron chi connectivity index (χ1n) is 8.97. The van der Waals surface area contributed by atoms with Crippen LogP contribution in [-0.2, 0) is 21.2 Å². The summed E-state index contributed by atoms with van der Waals surface area (Å²) in [5.74, 6) is -1.65. The third-order valence-electron chi connectivity index (χ3n) is 5.40. The van der Waals surface area contributed by atoms with E-state index in [2.05, 4.69) is 5.32 Å². The minimum atomic E-state index is -4.81. The molecule has 1 aromatic rings. The van der Waals surface area contributed by atoms with Crippen molar-refractivity contribution in [1.82, 2.24) is 5.32 Å². The lowest BCUT2D eigenvalue weighted by atomic mass is 9.89. The van der Waals surface area contributed by atoms with E-state index in [4.69, 9.17) is 10.5 Å². The lowest BCUT2D eigenvalue weighted by Gasteiger charge is -2.30. The number of halogens is 4. The normalized spacial score (nSPS) is 19.6. The summed E-state index contributed by atoms with van der Waals surface area (Å²) in [7, 11) is 0. The number of nitrogens with two attached hydrogens (primary N) is 1. The van der Waals surface area contributed by atoms with Gasteiger partial charge in [0.2, 0.25) is 5.91 Å². The van der Waals surface area contributed by atoms with Crippen molar-refractivity contribution in [2.45, 2.75) is 63.3 Å². The zero-order valence-corrected chi connectivity index (χ0v) is 15.6. The lowest BCUT2D eigenvalue weighted by Crippen LogP contribution is -2.43. The molecule has 0 saturated heterocycles. The van der Waals surface area contributed by atoms with Gasteiger partial charge < -0.3 is 15.8 Å². The van der Waals surface area contributed by atoms with Crippen LogP contribution in [0.1, 0.15) is 57.1 Å². The smallest absolute Gasteiger partial charge is 0.419 e. The maximum Gasteiger partial charge on any atom is 0.419 e. The van der Waals surface area contributed by atoms with Crippen LogP contribution in [0.4, 0.5) is 22.4 Å². The Bertz CT molecular complexity index is 812. The molecule has 0 aromatic heterocycles. The zero-order valence-electron chi connectivity index (χ0n) is 15.6. The monoisotopic (exact) mass is 402 g/mol. The predicted octanol–water partition coefficient (Wildman–Crippen LogP) is 3.99. The van der Waals surface area contributed by atoms with E-state index >= 15 is 0 Å². The number of alkyl halides is 3. The molecule has 0 heterocycles. The summed E-state index contributed by atoms with van der Waals surface area (Å²) in [5.41, 5.74) is 1.33.